The van der Waals surface area contributed by atoms with E-state index in [1.165, 1.54) is 19.3 Å². The molecule has 3 aromatic heterocycles. The molecule has 212 valence electrons. The summed E-state index contributed by atoms with van der Waals surface area (Å²) in [5.74, 6) is 1.58. The molecule has 1 fully saturated rings. The molecule has 1 aliphatic heterocycles. The third kappa shape index (κ3) is 8.01. The molecule has 0 spiro atoms. The fourth-order valence-electron chi connectivity index (χ4n) is 4.43. The molecule has 1 aliphatic rings. The molecule has 39 heavy (non-hydrogen) atoms. The number of anilines is 2. The van der Waals surface area contributed by atoms with E-state index in [2.05, 4.69) is 43.9 Å². The summed E-state index contributed by atoms with van der Waals surface area (Å²) in [6.07, 6.45) is 7.81. The Morgan fingerprint density at radius 3 is 2.49 bits per heavy atom. The Bertz CT molecular complexity index is 1290. The maximum Gasteiger partial charge on any atom is 0.222 e. The molecular weight excluding hydrogens is 494 g/mol. The van der Waals surface area contributed by atoms with Crippen molar-refractivity contribution in [1.82, 2.24) is 19.5 Å². The highest BCUT2D eigenvalue weighted by Gasteiger charge is 2.19. The van der Waals surface area contributed by atoms with E-state index in [0.717, 1.165) is 71.5 Å². The summed E-state index contributed by atoms with van der Waals surface area (Å²) in [6, 6.07) is 10.2. The first-order valence-corrected chi connectivity index (χ1v) is 13.8. The highest BCUT2D eigenvalue weighted by atomic mass is 16.5. The molecule has 6 N–H and O–H groups in total. The Morgan fingerprint density at radius 1 is 1.13 bits per heavy atom. The standard InChI is InChI=1S/C22H27N7O.C5H10O.C2H6O/c1-3-4-9-25-20-19-18(27-22(24)28-20)16-7-5-6-8-17(16)29(19)13-15-10-14(11-23)12-26-21(15)30-2;1-2-4-6-5-3-1;1-2-3/h5-8,10,12H,3-4,9,11,13,23H2,1-2H3,(H3,24,25,27,28);1-5H2;3H,2H2,1H3. The first-order chi connectivity index (χ1) is 19.1. The van der Waals surface area contributed by atoms with Gasteiger partial charge in [0.05, 0.1) is 19.2 Å². The number of aromatic nitrogens is 4. The minimum Gasteiger partial charge on any atom is -0.481 e. The number of hydrogen-bond donors (Lipinski definition) is 4. The number of aliphatic hydroxyl groups is 1. The van der Waals surface area contributed by atoms with E-state index in [1.54, 1.807) is 20.2 Å². The normalized spacial score (nSPS) is 12.8. The van der Waals surface area contributed by atoms with E-state index in [1.807, 2.05) is 18.2 Å². The maximum absolute atomic E-state index is 7.57. The van der Waals surface area contributed by atoms with Crippen LogP contribution in [0.5, 0.6) is 5.88 Å². The Balaban J connectivity index is 0.000000400. The molecule has 0 aliphatic carbocycles. The number of fused-ring (bicyclic) bond motifs is 3. The molecule has 1 aromatic carbocycles. The number of nitrogens with one attached hydrogen (secondary N) is 1. The van der Waals surface area contributed by atoms with Gasteiger partial charge in [-0.1, -0.05) is 31.5 Å². The zero-order chi connectivity index (χ0) is 28.0. The lowest BCUT2D eigenvalue weighted by Gasteiger charge is -2.14. The minimum atomic E-state index is 0.250. The summed E-state index contributed by atoms with van der Waals surface area (Å²) in [6.45, 7) is 7.87. The number of aliphatic hydroxyl groups excluding tert-OH is 1. The van der Waals surface area contributed by atoms with Crippen LogP contribution in [0, 0.1) is 0 Å². The van der Waals surface area contributed by atoms with Gasteiger partial charge in [-0.3, -0.25) is 0 Å². The lowest BCUT2D eigenvalue weighted by atomic mass is 10.2. The molecule has 0 saturated carbocycles. The van der Waals surface area contributed by atoms with Gasteiger partial charge in [-0.15, -0.1) is 0 Å². The molecule has 0 atom stereocenters. The third-order valence-corrected chi connectivity index (χ3v) is 6.26. The first-order valence-electron chi connectivity index (χ1n) is 13.8. The quantitative estimate of drug-likeness (QED) is 0.239. The zero-order valence-corrected chi connectivity index (χ0v) is 23.4. The molecule has 0 unspecified atom stereocenters. The first kappa shape index (κ1) is 30.1. The predicted molar refractivity (Wildman–Crippen MR) is 158 cm³/mol. The summed E-state index contributed by atoms with van der Waals surface area (Å²) in [4.78, 5) is 13.5. The Kier molecular flexibility index (Phi) is 12.2. The number of benzene rings is 1. The van der Waals surface area contributed by atoms with Gasteiger partial charge in [0, 0.05) is 50.1 Å². The van der Waals surface area contributed by atoms with E-state index in [0.29, 0.717) is 19.0 Å². The summed E-state index contributed by atoms with van der Waals surface area (Å²) >= 11 is 0. The highest BCUT2D eigenvalue weighted by molar-refractivity contribution is 6.09. The van der Waals surface area contributed by atoms with Crippen LogP contribution in [0.15, 0.2) is 36.5 Å². The summed E-state index contributed by atoms with van der Waals surface area (Å²) in [5.41, 5.74) is 16.6. The van der Waals surface area contributed by atoms with E-state index < -0.39 is 0 Å². The van der Waals surface area contributed by atoms with Crippen molar-refractivity contribution in [2.75, 3.05) is 44.5 Å². The molecule has 5 rings (SSSR count). The average Bonchev–Trinajstić information content (AvgIpc) is 3.28. The van der Waals surface area contributed by atoms with Crippen LogP contribution in [0.1, 0.15) is 57.1 Å². The second-order valence-corrected chi connectivity index (χ2v) is 9.22. The predicted octanol–water partition coefficient (Wildman–Crippen LogP) is 4.47. The number of nitrogen functional groups attached to an aromatic ring is 1. The number of unbranched alkanes of at least 4 members (excludes halogenated alkanes) is 1. The third-order valence-electron chi connectivity index (χ3n) is 6.26. The van der Waals surface area contributed by atoms with Crippen molar-refractivity contribution in [3.8, 4) is 5.88 Å². The number of nitrogens with zero attached hydrogens (tertiary/aromatic N) is 4. The number of nitrogens with two attached hydrogens (primary N) is 2. The van der Waals surface area contributed by atoms with Crippen LogP contribution in [0.2, 0.25) is 0 Å². The lowest BCUT2D eigenvalue weighted by Crippen LogP contribution is -2.10. The molecule has 0 bridgehead atoms. The van der Waals surface area contributed by atoms with Crippen molar-refractivity contribution in [2.24, 2.45) is 5.73 Å². The van der Waals surface area contributed by atoms with Crippen molar-refractivity contribution in [2.45, 2.75) is 59.0 Å². The number of methoxy groups -OCH3 is 1. The van der Waals surface area contributed by atoms with Crippen LogP contribution in [0.3, 0.4) is 0 Å². The Morgan fingerprint density at radius 2 is 1.87 bits per heavy atom. The smallest absolute Gasteiger partial charge is 0.222 e. The van der Waals surface area contributed by atoms with Crippen molar-refractivity contribution < 1.29 is 14.6 Å². The van der Waals surface area contributed by atoms with Gasteiger partial charge in [0.15, 0.2) is 5.82 Å². The van der Waals surface area contributed by atoms with Crippen molar-refractivity contribution in [3.63, 3.8) is 0 Å². The summed E-state index contributed by atoms with van der Waals surface area (Å²) < 4.78 is 12.8. The number of ether oxygens (including phenoxy) is 2. The van der Waals surface area contributed by atoms with Gasteiger partial charge in [-0.2, -0.15) is 4.98 Å². The number of rotatable bonds is 8. The van der Waals surface area contributed by atoms with Crippen molar-refractivity contribution in [1.29, 1.82) is 0 Å². The van der Waals surface area contributed by atoms with Gasteiger partial charge >= 0.3 is 0 Å². The minimum absolute atomic E-state index is 0.250. The Labute approximate surface area is 230 Å². The highest BCUT2D eigenvalue weighted by Crippen LogP contribution is 2.33. The van der Waals surface area contributed by atoms with Crippen LogP contribution in [0.4, 0.5) is 11.8 Å². The van der Waals surface area contributed by atoms with Crippen LogP contribution >= 0.6 is 0 Å². The number of pyridine rings is 1. The van der Waals surface area contributed by atoms with Crippen molar-refractivity contribution >= 4 is 33.7 Å². The monoisotopic (exact) mass is 537 g/mol. The van der Waals surface area contributed by atoms with Crippen LogP contribution in [-0.4, -0.2) is 58.1 Å². The SMILES string of the molecule is C1CCOCC1.CCCCNc1nc(N)nc2c3ccccc3n(Cc3cc(CN)cnc3OC)c12.CCO. The molecule has 0 radical (unpaired) electrons. The zero-order valence-electron chi connectivity index (χ0n) is 23.4. The van der Waals surface area contributed by atoms with Crippen LogP contribution < -0.4 is 21.5 Å². The second-order valence-electron chi connectivity index (χ2n) is 9.22. The molecular formula is C29H43N7O3. The summed E-state index contributed by atoms with van der Waals surface area (Å²) in [7, 11) is 1.63. The molecule has 4 heterocycles. The average molecular weight is 538 g/mol. The number of hydrogen-bond acceptors (Lipinski definition) is 9. The van der Waals surface area contributed by atoms with Crippen LogP contribution in [0.25, 0.3) is 21.9 Å². The molecule has 1 saturated heterocycles. The fourth-order valence-corrected chi connectivity index (χ4v) is 4.43. The maximum atomic E-state index is 7.57. The van der Waals surface area contributed by atoms with Gasteiger partial charge in [-0.25, -0.2) is 9.97 Å². The lowest BCUT2D eigenvalue weighted by molar-refractivity contribution is 0.0968. The van der Waals surface area contributed by atoms with Gasteiger partial charge in [0.2, 0.25) is 11.8 Å². The van der Waals surface area contributed by atoms with E-state index in [4.69, 9.17) is 26.0 Å². The topological polar surface area (TPSA) is 146 Å². The van der Waals surface area contributed by atoms with Gasteiger partial charge in [-0.05, 0) is 50.3 Å². The molecule has 10 heteroatoms. The van der Waals surface area contributed by atoms with E-state index in [9.17, 15) is 0 Å². The van der Waals surface area contributed by atoms with Gasteiger partial charge < -0.3 is 35.9 Å². The second kappa shape index (κ2) is 15.8. The van der Waals surface area contributed by atoms with Gasteiger partial charge in [0.1, 0.15) is 11.0 Å². The fraction of sp³-hybridized carbons (Fsp3) is 0.483. The van der Waals surface area contributed by atoms with E-state index >= 15 is 0 Å². The summed E-state index contributed by atoms with van der Waals surface area (Å²) in [5, 5.41) is 12.0. The van der Waals surface area contributed by atoms with Gasteiger partial charge in [0.25, 0.3) is 0 Å². The van der Waals surface area contributed by atoms with Crippen molar-refractivity contribution in [3.05, 3.63) is 47.7 Å². The molecule has 4 aromatic rings. The largest absolute Gasteiger partial charge is 0.481 e. The van der Waals surface area contributed by atoms with Crippen LogP contribution in [-0.2, 0) is 17.8 Å². The molecule has 10 nitrogen and oxygen atoms in total. The van der Waals surface area contributed by atoms with E-state index in [-0.39, 0.29) is 12.6 Å². The molecule has 0 amide bonds. The Hall–Kier alpha value is -3.47. The number of para-hydroxylation sites is 1.